The van der Waals surface area contributed by atoms with E-state index in [0.717, 1.165) is 6.42 Å². The number of amides is 1. The predicted molar refractivity (Wildman–Crippen MR) is 113 cm³/mol. The number of hydrogen-bond donors (Lipinski definition) is 2. The van der Waals surface area contributed by atoms with Crippen LogP contribution in [0, 0.1) is 0 Å². The average Bonchev–Trinajstić information content (AvgIpc) is 2.72. The molecular weight excluding hydrogens is 392 g/mol. The lowest BCUT2D eigenvalue weighted by Gasteiger charge is -2.15. The number of benzene rings is 2. The first-order chi connectivity index (χ1) is 13.8. The molecule has 0 bridgehead atoms. The number of rotatable bonds is 11. The molecular formula is C21H28N2O5S. The third-order valence-electron chi connectivity index (χ3n) is 4.36. The summed E-state index contributed by atoms with van der Waals surface area (Å²) in [6.07, 6.45) is 1.48. The van der Waals surface area contributed by atoms with Crippen LogP contribution in [0.3, 0.4) is 0 Å². The Morgan fingerprint density at radius 1 is 1.03 bits per heavy atom. The Labute approximate surface area is 172 Å². The summed E-state index contributed by atoms with van der Waals surface area (Å²) in [7, 11) is -0.515. The van der Waals surface area contributed by atoms with Crippen LogP contribution in [-0.2, 0) is 16.4 Å². The second-order valence-corrected chi connectivity index (χ2v) is 8.59. The van der Waals surface area contributed by atoms with Crippen molar-refractivity contribution >= 4 is 15.9 Å². The maximum absolute atomic E-state index is 12.3. The molecule has 0 spiro atoms. The quantitative estimate of drug-likeness (QED) is 0.582. The molecule has 158 valence electrons. The number of aryl methyl sites for hydroxylation is 1. The Balaban J connectivity index is 1.81. The van der Waals surface area contributed by atoms with Crippen LogP contribution in [-0.4, -0.2) is 46.9 Å². The lowest BCUT2D eigenvalue weighted by atomic mass is 10.1. The summed E-state index contributed by atoms with van der Waals surface area (Å²) in [5.74, 6) is 0.372. The van der Waals surface area contributed by atoms with E-state index in [2.05, 4.69) is 10.0 Å². The van der Waals surface area contributed by atoms with Crippen molar-refractivity contribution in [3.05, 3.63) is 59.7 Å². The molecule has 0 heterocycles. The lowest BCUT2D eigenvalue weighted by Crippen LogP contribution is -2.38. The van der Waals surface area contributed by atoms with Gasteiger partial charge in [-0.3, -0.25) is 4.79 Å². The minimum absolute atomic E-state index is 0.000896. The van der Waals surface area contributed by atoms with Gasteiger partial charge in [-0.1, -0.05) is 30.3 Å². The van der Waals surface area contributed by atoms with Gasteiger partial charge in [-0.25, -0.2) is 13.1 Å². The highest BCUT2D eigenvalue weighted by molar-refractivity contribution is 7.89. The Morgan fingerprint density at radius 3 is 2.24 bits per heavy atom. The van der Waals surface area contributed by atoms with E-state index in [9.17, 15) is 13.2 Å². The summed E-state index contributed by atoms with van der Waals surface area (Å²) in [5, 5.41) is 2.62. The standard InChI is InChI=1S/C21H28N2O5S/c1-16(9-10-17-7-5-4-6-8-17)23-29(25,26)12-11-22-21(24)18-13-19(27-2)15-20(14-18)28-3/h4-8,13-16,23H,9-12H2,1-3H3,(H,22,24)/t16-/m0/s1. The van der Waals surface area contributed by atoms with Gasteiger partial charge in [-0.05, 0) is 37.5 Å². The molecule has 0 aromatic heterocycles. The van der Waals surface area contributed by atoms with Crippen LogP contribution in [0.15, 0.2) is 48.5 Å². The molecule has 29 heavy (non-hydrogen) atoms. The highest BCUT2D eigenvalue weighted by atomic mass is 32.2. The zero-order valence-corrected chi connectivity index (χ0v) is 17.8. The number of carbonyl (C=O) groups excluding carboxylic acids is 1. The SMILES string of the molecule is COc1cc(OC)cc(C(=O)NCCS(=O)(=O)N[C@@H](C)CCc2ccccc2)c1. The molecule has 1 amide bonds. The van der Waals surface area contributed by atoms with Gasteiger partial charge in [0.15, 0.2) is 0 Å². The van der Waals surface area contributed by atoms with Crippen LogP contribution in [0.1, 0.15) is 29.3 Å². The van der Waals surface area contributed by atoms with Gasteiger partial charge in [-0.15, -0.1) is 0 Å². The molecule has 8 heteroatoms. The molecule has 0 aliphatic rings. The second-order valence-electron chi connectivity index (χ2n) is 6.72. The normalized spacial score (nSPS) is 12.2. The first-order valence-corrected chi connectivity index (χ1v) is 11.0. The Hall–Kier alpha value is -2.58. The third-order valence-corrected chi connectivity index (χ3v) is 5.86. The summed E-state index contributed by atoms with van der Waals surface area (Å²) >= 11 is 0. The molecule has 2 rings (SSSR count). The van der Waals surface area contributed by atoms with Crippen molar-refractivity contribution in [1.82, 2.24) is 10.0 Å². The summed E-state index contributed by atoms with van der Waals surface area (Å²) < 4.78 is 37.5. The fourth-order valence-electron chi connectivity index (χ4n) is 2.79. The predicted octanol–water partition coefficient (Wildman–Crippen LogP) is 2.37. The van der Waals surface area contributed by atoms with Gasteiger partial charge in [0.05, 0.1) is 20.0 Å². The molecule has 2 aromatic rings. The second kappa shape index (κ2) is 10.8. The molecule has 0 saturated heterocycles. The van der Waals surface area contributed by atoms with Crippen molar-refractivity contribution in [3.63, 3.8) is 0 Å². The van der Waals surface area contributed by atoms with Gasteiger partial charge in [0.1, 0.15) is 11.5 Å². The van der Waals surface area contributed by atoms with Gasteiger partial charge in [0.25, 0.3) is 5.91 Å². The number of ether oxygens (including phenoxy) is 2. The van der Waals surface area contributed by atoms with Crippen LogP contribution < -0.4 is 19.5 Å². The van der Waals surface area contributed by atoms with Crippen LogP contribution in [0.2, 0.25) is 0 Å². The van der Waals surface area contributed by atoms with Crippen LogP contribution >= 0.6 is 0 Å². The van der Waals surface area contributed by atoms with Gasteiger partial charge in [-0.2, -0.15) is 0 Å². The number of sulfonamides is 1. The highest BCUT2D eigenvalue weighted by Gasteiger charge is 2.16. The summed E-state index contributed by atoms with van der Waals surface area (Å²) in [6.45, 7) is 1.83. The fraction of sp³-hybridized carbons (Fsp3) is 0.381. The highest BCUT2D eigenvalue weighted by Crippen LogP contribution is 2.22. The van der Waals surface area contributed by atoms with E-state index in [1.807, 2.05) is 37.3 Å². The zero-order chi connectivity index (χ0) is 21.3. The Morgan fingerprint density at radius 2 is 1.66 bits per heavy atom. The van der Waals surface area contributed by atoms with Gasteiger partial charge < -0.3 is 14.8 Å². The lowest BCUT2D eigenvalue weighted by molar-refractivity contribution is 0.0955. The van der Waals surface area contributed by atoms with Gasteiger partial charge in [0, 0.05) is 24.2 Å². The molecule has 7 nitrogen and oxygen atoms in total. The fourth-order valence-corrected chi connectivity index (χ4v) is 4.01. The molecule has 2 N–H and O–H groups in total. The van der Waals surface area contributed by atoms with E-state index in [4.69, 9.17) is 9.47 Å². The molecule has 0 fully saturated rings. The number of methoxy groups -OCH3 is 2. The van der Waals surface area contributed by atoms with E-state index >= 15 is 0 Å². The summed E-state index contributed by atoms with van der Waals surface area (Å²) in [5.41, 5.74) is 1.50. The minimum atomic E-state index is -3.50. The first kappa shape index (κ1) is 22.7. The van der Waals surface area contributed by atoms with Crippen molar-refractivity contribution < 1.29 is 22.7 Å². The van der Waals surface area contributed by atoms with Crippen molar-refractivity contribution in [2.24, 2.45) is 0 Å². The zero-order valence-electron chi connectivity index (χ0n) is 17.0. The molecule has 0 radical (unpaired) electrons. The third kappa shape index (κ3) is 7.75. The maximum atomic E-state index is 12.3. The van der Waals surface area contributed by atoms with Crippen LogP contribution in [0.4, 0.5) is 0 Å². The number of carbonyl (C=O) groups is 1. The molecule has 0 unspecified atom stereocenters. The summed E-state index contributed by atoms with van der Waals surface area (Å²) in [4.78, 5) is 12.3. The number of hydrogen-bond acceptors (Lipinski definition) is 5. The monoisotopic (exact) mass is 420 g/mol. The number of nitrogens with one attached hydrogen (secondary N) is 2. The Bertz CT molecular complexity index is 878. The van der Waals surface area contributed by atoms with Crippen molar-refractivity contribution in [2.45, 2.75) is 25.8 Å². The van der Waals surface area contributed by atoms with Crippen LogP contribution in [0.25, 0.3) is 0 Å². The smallest absolute Gasteiger partial charge is 0.251 e. The van der Waals surface area contributed by atoms with Crippen LogP contribution in [0.5, 0.6) is 11.5 Å². The van der Waals surface area contributed by atoms with E-state index in [1.165, 1.54) is 19.8 Å². The first-order valence-electron chi connectivity index (χ1n) is 9.38. The molecule has 2 aromatic carbocycles. The molecule has 0 aliphatic carbocycles. The largest absolute Gasteiger partial charge is 0.497 e. The van der Waals surface area contributed by atoms with Crippen molar-refractivity contribution in [1.29, 1.82) is 0 Å². The van der Waals surface area contributed by atoms with Gasteiger partial charge in [0.2, 0.25) is 10.0 Å². The van der Waals surface area contributed by atoms with E-state index < -0.39 is 15.9 Å². The summed E-state index contributed by atoms with van der Waals surface area (Å²) in [6, 6.07) is 14.5. The van der Waals surface area contributed by atoms with E-state index in [-0.39, 0.29) is 18.3 Å². The molecule has 0 saturated carbocycles. The van der Waals surface area contributed by atoms with E-state index in [1.54, 1.807) is 18.2 Å². The average molecular weight is 421 g/mol. The minimum Gasteiger partial charge on any atom is -0.497 e. The molecule has 0 aliphatic heterocycles. The van der Waals surface area contributed by atoms with E-state index in [0.29, 0.717) is 23.5 Å². The van der Waals surface area contributed by atoms with Crippen molar-refractivity contribution in [3.8, 4) is 11.5 Å². The van der Waals surface area contributed by atoms with Crippen molar-refractivity contribution in [2.75, 3.05) is 26.5 Å². The topological polar surface area (TPSA) is 93.7 Å². The maximum Gasteiger partial charge on any atom is 0.251 e. The molecule has 1 atom stereocenters. The Kier molecular flexibility index (Phi) is 8.48. The van der Waals surface area contributed by atoms with Gasteiger partial charge >= 0.3 is 0 Å².